The lowest BCUT2D eigenvalue weighted by atomic mass is 10.0. The molecule has 2 atom stereocenters. The lowest BCUT2D eigenvalue weighted by Crippen LogP contribution is -2.48. The number of pyridine rings is 1. The zero-order valence-electron chi connectivity index (χ0n) is 16.1. The largest absolute Gasteiger partial charge is 0.484 e. The summed E-state index contributed by atoms with van der Waals surface area (Å²) in [7, 11) is 0. The molecule has 2 N–H and O–H groups in total. The minimum absolute atomic E-state index is 0.00238. The molecule has 31 heavy (non-hydrogen) atoms. The van der Waals surface area contributed by atoms with Gasteiger partial charge in [-0.3, -0.25) is 4.79 Å². The third-order valence-electron chi connectivity index (χ3n) is 4.73. The zero-order chi connectivity index (χ0) is 21.8. The number of carbonyl (C=O) groups is 1. The highest BCUT2D eigenvalue weighted by atomic mass is 35.5. The van der Waals surface area contributed by atoms with Crippen LogP contribution in [0.15, 0.2) is 40.9 Å². The Balaban J connectivity index is 1.24. The van der Waals surface area contributed by atoms with Gasteiger partial charge in [-0.1, -0.05) is 23.2 Å². The lowest BCUT2D eigenvalue weighted by Gasteiger charge is -2.28. The summed E-state index contributed by atoms with van der Waals surface area (Å²) in [5.74, 6) is 0.123. The molecule has 3 heterocycles. The van der Waals surface area contributed by atoms with Gasteiger partial charge in [-0.05, 0) is 37.1 Å². The van der Waals surface area contributed by atoms with Crippen LogP contribution < -0.4 is 15.4 Å². The molecule has 1 saturated heterocycles. The van der Waals surface area contributed by atoms with E-state index in [4.69, 9.17) is 32.4 Å². The van der Waals surface area contributed by atoms with Crippen molar-refractivity contribution in [3.05, 3.63) is 58.3 Å². The minimum Gasteiger partial charge on any atom is -0.484 e. The van der Waals surface area contributed by atoms with Crippen LogP contribution in [0.2, 0.25) is 10.0 Å². The van der Waals surface area contributed by atoms with E-state index in [1.807, 2.05) is 0 Å². The molecule has 0 aliphatic carbocycles. The summed E-state index contributed by atoms with van der Waals surface area (Å²) >= 11 is 11.5. The average molecular weight is 466 g/mol. The molecule has 0 radical (unpaired) electrons. The van der Waals surface area contributed by atoms with Gasteiger partial charge in [0.2, 0.25) is 5.89 Å². The molecule has 1 amide bonds. The van der Waals surface area contributed by atoms with E-state index in [9.17, 15) is 9.18 Å². The molecule has 162 valence electrons. The Kier molecular flexibility index (Phi) is 6.64. The lowest BCUT2D eigenvalue weighted by molar-refractivity contribution is -0.124. The van der Waals surface area contributed by atoms with Crippen LogP contribution in [0.4, 0.5) is 4.39 Å². The van der Waals surface area contributed by atoms with Crippen LogP contribution in [0.3, 0.4) is 0 Å². The third-order valence-corrected chi connectivity index (χ3v) is 5.26. The highest BCUT2D eigenvalue weighted by Gasteiger charge is 2.27. The topological polar surface area (TPSA) is 102 Å². The summed E-state index contributed by atoms with van der Waals surface area (Å²) < 4.78 is 24.5. The molecule has 0 unspecified atom stereocenters. The summed E-state index contributed by atoms with van der Waals surface area (Å²) in [5.41, 5.74) is 0.546. The smallest absolute Gasteiger partial charge is 0.266 e. The quantitative estimate of drug-likeness (QED) is 0.573. The van der Waals surface area contributed by atoms with Crippen molar-refractivity contribution in [1.82, 2.24) is 25.8 Å². The summed E-state index contributed by atoms with van der Waals surface area (Å²) in [6.07, 6.45) is 2.93. The maximum Gasteiger partial charge on any atom is 0.266 e. The fraction of sp³-hybridized carbons (Fsp3) is 0.300. The second kappa shape index (κ2) is 9.59. The number of amides is 1. The van der Waals surface area contributed by atoms with Gasteiger partial charge < -0.3 is 19.8 Å². The summed E-state index contributed by atoms with van der Waals surface area (Å²) in [5, 5.41) is 14.8. The predicted octanol–water partition coefficient (Wildman–Crippen LogP) is 3.57. The molecule has 0 spiro atoms. The summed E-state index contributed by atoms with van der Waals surface area (Å²) in [6.45, 7) is 0.311. The number of piperidine rings is 1. The van der Waals surface area contributed by atoms with E-state index in [-0.39, 0.29) is 35.4 Å². The number of rotatable bonds is 6. The molecular formula is C20H18Cl2FN5O3. The highest BCUT2D eigenvalue weighted by molar-refractivity contribution is 6.30. The standard InChI is InChI=1S/C20H18Cl2FN5O3/c21-11-1-5-16(24-8-11)19-27-28-20(31-19)17-6-2-12(9-25-17)26-18(29)10-30-13-3-4-14(22)15(23)7-13/h1,3-5,7-8,12,17,25H,2,6,9-10H2,(H,26,29)/t12-,17+/m0/s1. The van der Waals surface area contributed by atoms with Crippen molar-refractivity contribution >= 4 is 29.1 Å². The van der Waals surface area contributed by atoms with Gasteiger partial charge in [0.25, 0.3) is 11.8 Å². The molecule has 0 bridgehead atoms. The Morgan fingerprint density at radius 1 is 1.26 bits per heavy atom. The van der Waals surface area contributed by atoms with E-state index < -0.39 is 5.82 Å². The van der Waals surface area contributed by atoms with Gasteiger partial charge in [0, 0.05) is 24.8 Å². The number of ether oxygens (including phenoxy) is 1. The average Bonchev–Trinajstić information content (AvgIpc) is 3.26. The van der Waals surface area contributed by atoms with Crippen LogP contribution in [0.5, 0.6) is 5.75 Å². The van der Waals surface area contributed by atoms with Gasteiger partial charge >= 0.3 is 0 Å². The van der Waals surface area contributed by atoms with Crippen molar-refractivity contribution in [3.63, 3.8) is 0 Å². The second-order valence-corrected chi connectivity index (χ2v) is 7.82. The van der Waals surface area contributed by atoms with E-state index in [0.29, 0.717) is 35.5 Å². The Morgan fingerprint density at radius 2 is 2.13 bits per heavy atom. The van der Waals surface area contributed by atoms with Crippen LogP contribution in [0.25, 0.3) is 11.6 Å². The number of aromatic nitrogens is 3. The fourth-order valence-electron chi connectivity index (χ4n) is 3.16. The molecule has 3 aromatic rings. The monoisotopic (exact) mass is 465 g/mol. The number of nitrogens with one attached hydrogen (secondary N) is 2. The Hall–Kier alpha value is -2.75. The van der Waals surface area contributed by atoms with Crippen molar-refractivity contribution in [2.75, 3.05) is 13.2 Å². The van der Waals surface area contributed by atoms with Gasteiger partial charge in [-0.15, -0.1) is 10.2 Å². The molecule has 1 fully saturated rings. The van der Waals surface area contributed by atoms with E-state index in [2.05, 4.69) is 25.8 Å². The van der Waals surface area contributed by atoms with Gasteiger partial charge in [-0.25, -0.2) is 9.37 Å². The first-order valence-corrected chi connectivity index (χ1v) is 10.3. The molecule has 1 aromatic carbocycles. The highest BCUT2D eigenvalue weighted by Crippen LogP contribution is 2.25. The molecule has 8 nitrogen and oxygen atoms in total. The normalized spacial score (nSPS) is 18.5. The van der Waals surface area contributed by atoms with Crippen LogP contribution in [0, 0.1) is 5.82 Å². The predicted molar refractivity (Wildman–Crippen MR) is 111 cm³/mol. The molecule has 4 rings (SSSR count). The molecule has 1 aliphatic rings. The SMILES string of the molecule is O=C(COc1ccc(Cl)c(F)c1)N[C@H]1CC[C@H](c2nnc(-c3ccc(Cl)cn3)o2)NC1. The van der Waals surface area contributed by atoms with Gasteiger partial charge in [-0.2, -0.15) is 0 Å². The Labute approximate surface area is 187 Å². The van der Waals surface area contributed by atoms with Gasteiger partial charge in [0.05, 0.1) is 16.1 Å². The maximum absolute atomic E-state index is 13.4. The first kappa shape index (κ1) is 21.5. The number of hydrogen-bond acceptors (Lipinski definition) is 7. The van der Waals surface area contributed by atoms with Crippen molar-refractivity contribution < 1.29 is 18.3 Å². The van der Waals surface area contributed by atoms with Gasteiger partial charge in [0.1, 0.15) is 17.3 Å². The van der Waals surface area contributed by atoms with Crippen LogP contribution in [-0.2, 0) is 4.79 Å². The minimum atomic E-state index is -0.599. The van der Waals surface area contributed by atoms with Crippen molar-refractivity contribution in [3.8, 4) is 17.3 Å². The van der Waals surface area contributed by atoms with Crippen molar-refractivity contribution in [1.29, 1.82) is 0 Å². The first-order valence-electron chi connectivity index (χ1n) is 9.54. The molecule has 0 saturated carbocycles. The number of nitrogens with zero attached hydrogens (tertiary/aromatic N) is 3. The van der Waals surface area contributed by atoms with E-state index >= 15 is 0 Å². The van der Waals surface area contributed by atoms with E-state index in [1.165, 1.54) is 18.3 Å². The molecule has 1 aliphatic heterocycles. The van der Waals surface area contributed by atoms with Crippen LogP contribution in [-0.4, -0.2) is 40.3 Å². The van der Waals surface area contributed by atoms with Crippen LogP contribution >= 0.6 is 23.2 Å². The second-order valence-electron chi connectivity index (χ2n) is 6.97. The number of hydrogen-bond donors (Lipinski definition) is 2. The van der Waals surface area contributed by atoms with E-state index in [1.54, 1.807) is 12.1 Å². The van der Waals surface area contributed by atoms with Crippen LogP contribution in [0.1, 0.15) is 24.8 Å². The number of halogens is 3. The summed E-state index contributed by atoms with van der Waals surface area (Å²) in [4.78, 5) is 16.3. The number of benzene rings is 1. The number of carbonyl (C=O) groups excluding carboxylic acids is 1. The van der Waals surface area contributed by atoms with Crippen molar-refractivity contribution in [2.45, 2.75) is 24.9 Å². The fourth-order valence-corrected chi connectivity index (χ4v) is 3.39. The summed E-state index contributed by atoms with van der Waals surface area (Å²) in [6, 6.07) is 7.24. The Morgan fingerprint density at radius 3 is 2.84 bits per heavy atom. The third kappa shape index (κ3) is 5.49. The molecular weight excluding hydrogens is 448 g/mol. The first-order chi connectivity index (χ1) is 15.0. The van der Waals surface area contributed by atoms with E-state index in [0.717, 1.165) is 12.5 Å². The van der Waals surface area contributed by atoms with Crippen molar-refractivity contribution in [2.24, 2.45) is 0 Å². The zero-order valence-corrected chi connectivity index (χ0v) is 17.7. The van der Waals surface area contributed by atoms with Gasteiger partial charge in [0.15, 0.2) is 6.61 Å². The molecule has 2 aromatic heterocycles. The Bertz CT molecular complexity index is 1060. The maximum atomic E-state index is 13.4. The molecule has 11 heteroatoms.